The van der Waals surface area contributed by atoms with Gasteiger partial charge in [-0.05, 0) is 84.3 Å². The smallest absolute Gasteiger partial charge is 0.329 e. The first-order valence-electron chi connectivity index (χ1n) is 30.5. The molecule has 7 N–H and O–H groups in total. The van der Waals surface area contributed by atoms with Gasteiger partial charge >= 0.3 is 11.9 Å². The van der Waals surface area contributed by atoms with Crippen molar-refractivity contribution in [2.24, 2.45) is 17.8 Å². The van der Waals surface area contributed by atoms with Crippen molar-refractivity contribution in [3.63, 3.8) is 0 Å². The first kappa shape index (κ1) is 70.4. The van der Waals surface area contributed by atoms with Gasteiger partial charge in [-0.25, -0.2) is 14.6 Å². The molecule has 92 heavy (non-hydrogen) atoms. The molecular formula is C62H84N12O18. The molecule has 10 amide bonds. The monoisotopic (exact) mass is 1280 g/mol. The fourth-order valence-corrected chi connectivity index (χ4v) is 12.1. The Kier molecular flexibility index (Phi) is 21.0. The molecule has 5 unspecified atom stereocenters. The zero-order valence-corrected chi connectivity index (χ0v) is 54.8. The topological polar surface area (TPSA) is 397 Å². The number of ketones is 1. The van der Waals surface area contributed by atoms with Crippen molar-refractivity contribution in [3.05, 3.63) is 44.6 Å². The lowest BCUT2D eigenvalue weighted by Crippen LogP contribution is -2.62. The summed E-state index contributed by atoms with van der Waals surface area (Å²) in [5, 5.41) is 21.7. The van der Waals surface area contributed by atoms with E-state index in [1.54, 1.807) is 55.4 Å². The van der Waals surface area contributed by atoms with Crippen LogP contribution in [-0.2, 0) is 62.2 Å². The number of nitrogens with one attached hydrogen (secondary N) is 4. The fourth-order valence-electron chi connectivity index (χ4n) is 12.1. The molecule has 4 saturated heterocycles. The number of nitrogens with zero attached hydrogens (tertiary/aromatic N) is 7. The largest absolute Gasteiger partial charge is 0.458 e. The minimum absolute atomic E-state index is 0.0284. The van der Waals surface area contributed by atoms with Crippen LogP contribution in [0.4, 0.5) is 5.69 Å². The van der Waals surface area contributed by atoms with Crippen molar-refractivity contribution in [2.45, 2.75) is 182 Å². The zero-order chi connectivity index (χ0) is 68.9. The van der Waals surface area contributed by atoms with Gasteiger partial charge in [0.2, 0.25) is 52.7 Å². The molecule has 1 aliphatic carbocycles. The van der Waals surface area contributed by atoms with Crippen LogP contribution in [-0.4, -0.2) is 236 Å². The van der Waals surface area contributed by atoms with Crippen molar-refractivity contribution in [2.75, 3.05) is 47.0 Å². The summed E-state index contributed by atoms with van der Waals surface area (Å²) >= 11 is 0. The average molecular weight is 1290 g/mol. The number of anilines is 1. The number of benzene rings is 2. The summed E-state index contributed by atoms with van der Waals surface area (Å²) in [5.74, 6) is -14.2. The van der Waals surface area contributed by atoms with Crippen molar-refractivity contribution < 1.29 is 81.3 Å². The molecule has 1 aromatic rings. The highest BCUT2D eigenvalue weighted by molar-refractivity contribution is 6.11. The summed E-state index contributed by atoms with van der Waals surface area (Å²) in [4.78, 5) is 211. The Bertz CT molecular complexity index is 3570. The fraction of sp³-hybridized carbons (Fsp3) is 0.597. The number of ether oxygens (including phenoxy) is 2. The van der Waals surface area contributed by atoms with Crippen LogP contribution in [0.15, 0.2) is 21.3 Å². The molecule has 6 aliphatic rings. The number of carbonyl (C=O) groups excluding carboxylic acids is 13. The van der Waals surface area contributed by atoms with E-state index in [1.165, 1.54) is 79.8 Å². The number of rotatable bonds is 7. The maximum Gasteiger partial charge on any atom is 0.329 e. The van der Waals surface area contributed by atoms with E-state index >= 15 is 9.59 Å². The number of aromatic nitrogens is 1. The highest BCUT2D eigenvalue weighted by Gasteiger charge is 2.51. The van der Waals surface area contributed by atoms with Gasteiger partial charge in [-0.2, -0.15) is 0 Å². The molecule has 13 atom stereocenters. The third-order valence-electron chi connectivity index (χ3n) is 17.9. The molecule has 0 bridgehead atoms. The number of hydrogen-bond acceptors (Lipinski definition) is 20. The second-order valence-corrected chi connectivity index (χ2v) is 25.6. The van der Waals surface area contributed by atoms with Gasteiger partial charge in [0.05, 0.1) is 42.0 Å². The predicted molar refractivity (Wildman–Crippen MR) is 327 cm³/mol. The molecule has 5 aliphatic heterocycles. The summed E-state index contributed by atoms with van der Waals surface area (Å²) < 4.78 is 18.1. The highest BCUT2D eigenvalue weighted by Crippen LogP contribution is 2.36. The molecular weight excluding hydrogens is 1200 g/mol. The van der Waals surface area contributed by atoms with Gasteiger partial charge in [-0.1, -0.05) is 47.6 Å². The molecule has 5 heterocycles. The van der Waals surface area contributed by atoms with E-state index in [1.807, 2.05) is 0 Å². The van der Waals surface area contributed by atoms with Crippen LogP contribution in [0.3, 0.4) is 0 Å². The van der Waals surface area contributed by atoms with Crippen molar-refractivity contribution in [3.8, 4) is 11.5 Å². The maximum absolute atomic E-state index is 15.1. The molecule has 30 heteroatoms. The number of Topliss-reactive ketones (excluding diaryl/α,β-unsaturated/α-hetero) is 1. The van der Waals surface area contributed by atoms with Crippen molar-refractivity contribution in [1.82, 2.24) is 55.7 Å². The van der Waals surface area contributed by atoms with Gasteiger partial charge in [-0.15, -0.1) is 0 Å². The quantitative estimate of drug-likeness (QED) is 0.0940. The predicted octanol–water partition coefficient (Wildman–Crippen LogP) is -0.984. The minimum Gasteiger partial charge on any atom is -0.458 e. The molecule has 30 nitrogen and oxygen atoms in total. The number of aryl methyl sites for hydroxylation is 1. The Morgan fingerprint density at radius 2 is 1.17 bits per heavy atom. The van der Waals surface area contributed by atoms with E-state index in [4.69, 9.17) is 24.6 Å². The third-order valence-corrected chi connectivity index (χ3v) is 17.9. The normalized spacial score (nSPS) is 28.3. The third kappa shape index (κ3) is 13.5. The summed E-state index contributed by atoms with van der Waals surface area (Å²) in [6.07, 6.45) is -5.02. The van der Waals surface area contributed by atoms with Gasteiger partial charge in [0, 0.05) is 46.2 Å². The van der Waals surface area contributed by atoms with Gasteiger partial charge in [-0.3, -0.25) is 57.5 Å². The molecule has 0 aromatic heterocycles. The van der Waals surface area contributed by atoms with E-state index in [-0.39, 0.29) is 34.4 Å². The lowest BCUT2D eigenvalue weighted by molar-refractivity contribution is -0.163. The molecule has 4 fully saturated rings. The van der Waals surface area contributed by atoms with Crippen LogP contribution in [0, 0.1) is 31.6 Å². The molecule has 500 valence electrons. The lowest BCUT2D eigenvalue weighted by Gasteiger charge is -2.37. The summed E-state index contributed by atoms with van der Waals surface area (Å²) in [6.45, 7) is 18.2. The number of cyclic esters (lactones) is 2. The van der Waals surface area contributed by atoms with E-state index in [9.17, 15) is 62.6 Å². The molecule has 0 saturated carbocycles. The molecule has 7 rings (SSSR count). The maximum atomic E-state index is 15.1. The summed E-state index contributed by atoms with van der Waals surface area (Å²) in [7, 11) is 5.21. The Morgan fingerprint density at radius 1 is 0.663 bits per heavy atom. The standard InChI is InChI=1S/C62H84N12O18/c1-24(2)42-58(85)73-28(8)20-37(76)49(73)60(87)70(15)23-39(78)72(17)48(26(5)6)62(89)91-33(13)44(55(82)65-42)67-53(80)34-19-18-27(7)51-46(34)64-47-40(41(63)50(79)29(9)52(47)92-51)54(81)68-45-32(12)90-61(88)31(11)71(16)38(77)22-69(14)57(84)35-21-36(75)30(10)74(35)59(86)43(25(3)4)66-56(45)83/h18-19,24-26,28,30-33,35,37,42-45,48-49,76H,20-23,63H2,1-17H3,(H,65,82)(H,66,83)(H,67,80)(H,68,81)/t28?,30?,31-,32?,33?,35-,37?,42+,43+,44-,45-,48-,49-/m0/s1. The van der Waals surface area contributed by atoms with E-state index in [0.29, 0.717) is 5.56 Å². The molecule has 0 radical (unpaired) electrons. The molecule has 1 aromatic carbocycles. The van der Waals surface area contributed by atoms with Gasteiger partial charge in [0.25, 0.3) is 11.8 Å². The number of likely N-dealkylation sites (N-methyl/N-ethyl adjacent to an activating group) is 4. The van der Waals surface area contributed by atoms with Crippen LogP contribution in [0.5, 0.6) is 0 Å². The van der Waals surface area contributed by atoms with Gasteiger partial charge in [0.1, 0.15) is 71.8 Å². The SMILES string of the molecule is Cc1c2oc3c(C)ccc(C(=O)N[C@@H]4C(=O)N[C@H](C(C)C)C(=O)N5C(C)CC(O)[C@H]5C(=O)N(C)CC(=O)N(C)[C@@H](C(C)C)C(=O)OC4C)c3nc-2c(C(=O)N[C@@H]2C(=O)N[C@H](C(C)C)C(=O)N3C(C)C(=O)C[C@H]3C(=O)N(C)CC(=O)N(C)[C@@H](C)C(=O)OC2C)c(N)c1=O. The van der Waals surface area contributed by atoms with Gasteiger partial charge in [0.15, 0.2) is 17.1 Å². The number of hydrogen-bond donors (Lipinski definition) is 6. The van der Waals surface area contributed by atoms with Crippen LogP contribution in [0.1, 0.15) is 121 Å². The van der Waals surface area contributed by atoms with Crippen molar-refractivity contribution in [1.29, 1.82) is 0 Å². The Balaban J connectivity index is 1.33. The highest BCUT2D eigenvalue weighted by atomic mass is 16.6. The van der Waals surface area contributed by atoms with E-state index in [2.05, 4.69) is 21.3 Å². The Hall–Kier alpha value is -9.09. The van der Waals surface area contributed by atoms with Crippen LogP contribution in [0.2, 0.25) is 0 Å². The van der Waals surface area contributed by atoms with Crippen LogP contribution in [0.25, 0.3) is 22.6 Å². The number of nitrogens with two attached hydrogens (primary N) is 1. The summed E-state index contributed by atoms with van der Waals surface area (Å²) in [5.41, 5.74) is 3.10. The zero-order valence-electron chi connectivity index (χ0n) is 54.8. The number of aliphatic hydroxyl groups excluding tert-OH is 1. The van der Waals surface area contributed by atoms with Crippen LogP contribution >= 0.6 is 0 Å². The molecule has 0 spiro atoms. The number of nitrogen functional groups attached to an aromatic ring is 1. The average Bonchev–Trinajstić information content (AvgIpc) is 1.23. The van der Waals surface area contributed by atoms with Crippen molar-refractivity contribution >= 4 is 93.6 Å². The lowest BCUT2D eigenvalue weighted by atomic mass is 9.98. The Morgan fingerprint density at radius 3 is 1.72 bits per heavy atom. The number of carbonyl (C=O) groups is 13. The minimum atomic E-state index is -1.97. The van der Waals surface area contributed by atoms with E-state index in [0.717, 1.165) is 24.5 Å². The van der Waals surface area contributed by atoms with E-state index < -0.39 is 215 Å². The first-order valence-corrected chi connectivity index (χ1v) is 30.5. The first-order chi connectivity index (χ1) is 42.8. The number of aliphatic hydroxyl groups is 1. The number of fused-ring (bicyclic) bond motifs is 4. The van der Waals surface area contributed by atoms with Crippen LogP contribution < -0.4 is 32.4 Å². The number of esters is 2. The second-order valence-electron chi connectivity index (χ2n) is 25.6. The van der Waals surface area contributed by atoms with Gasteiger partial charge < -0.3 is 75.4 Å². The second kappa shape index (κ2) is 27.4. The summed E-state index contributed by atoms with van der Waals surface area (Å²) in [6, 6.07) is -11.4. The number of amides is 10. The Labute approximate surface area is 531 Å².